The molecule has 1 N–H and O–H groups in total. The standard InChI is InChI=1S/C16H10Cl2F2N2O2/c1-22-9-4-2-7(17)14(18)13(9)16(21-6-11(22)24)12-8(19)3-5-10(23)15(12)20/h2-5,23H,6H2,1H3. The van der Waals surface area contributed by atoms with E-state index in [0.29, 0.717) is 5.69 Å². The van der Waals surface area contributed by atoms with E-state index < -0.39 is 22.9 Å². The normalized spacial score (nSPS) is 14.3. The highest BCUT2D eigenvalue weighted by atomic mass is 35.5. The van der Waals surface area contributed by atoms with Crippen molar-refractivity contribution < 1.29 is 18.7 Å². The Labute approximate surface area is 145 Å². The molecule has 3 rings (SSSR count). The van der Waals surface area contributed by atoms with Crippen LogP contribution in [0.2, 0.25) is 10.0 Å². The number of phenols is 1. The minimum absolute atomic E-state index is 0.0107. The molecule has 0 fully saturated rings. The Bertz CT molecular complexity index is 900. The van der Waals surface area contributed by atoms with E-state index in [-0.39, 0.29) is 33.8 Å². The molecule has 8 heteroatoms. The molecule has 0 aromatic heterocycles. The van der Waals surface area contributed by atoms with Crippen LogP contribution in [-0.2, 0) is 4.79 Å². The number of hydrogen-bond donors (Lipinski definition) is 1. The number of nitrogens with zero attached hydrogens (tertiary/aromatic N) is 2. The highest BCUT2D eigenvalue weighted by Gasteiger charge is 2.29. The number of fused-ring (bicyclic) bond motifs is 1. The second-order valence-corrected chi connectivity index (χ2v) is 5.91. The van der Waals surface area contributed by atoms with Gasteiger partial charge in [0, 0.05) is 12.6 Å². The number of carbonyl (C=O) groups excluding carboxylic acids is 1. The van der Waals surface area contributed by atoms with E-state index >= 15 is 0 Å². The van der Waals surface area contributed by atoms with Crippen molar-refractivity contribution >= 4 is 40.5 Å². The Morgan fingerprint density at radius 1 is 1.17 bits per heavy atom. The van der Waals surface area contributed by atoms with E-state index in [4.69, 9.17) is 23.2 Å². The molecule has 0 bridgehead atoms. The minimum Gasteiger partial charge on any atom is -0.505 e. The van der Waals surface area contributed by atoms with Crippen molar-refractivity contribution in [2.75, 3.05) is 18.5 Å². The average molecular weight is 371 g/mol. The molecule has 1 heterocycles. The van der Waals surface area contributed by atoms with E-state index in [1.807, 2.05) is 0 Å². The van der Waals surface area contributed by atoms with E-state index in [1.165, 1.54) is 24.1 Å². The fourth-order valence-corrected chi connectivity index (χ4v) is 2.88. The molecule has 1 amide bonds. The quantitative estimate of drug-likeness (QED) is 0.829. The van der Waals surface area contributed by atoms with Gasteiger partial charge in [-0.2, -0.15) is 0 Å². The van der Waals surface area contributed by atoms with Gasteiger partial charge in [0.2, 0.25) is 5.91 Å². The summed E-state index contributed by atoms with van der Waals surface area (Å²) in [6.07, 6.45) is 0. The second-order valence-electron chi connectivity index (χ2n) is 5.13. The number of benzene rings is 2. The number of amides is 1. The van der Waals surface area contributed by atoms with Gasteiger partial charge in [-0.05, 0) is 24.3 Å². The molecule has 0 spiro atoms. The maximum Gasteiger partial charge on any atom is 0.248 e. The lowest BCUT2D eigenvalue weighted by Crippen LogP contribution is -2.27. The molecule has 0 saturated carbocycles. The van der Waals surface area contributed by atoms with Gasteiger partial charge in [-0.15, -0.1) is 0 Å². The first-order valence-corrected chi connectivity index (χ1v) is 7.55. The fraction of sp³-hybridized carbons (Fsp3) is 0.125. The Hall–Kier alpha value is -2.18. The van der Waals surface area contributed by atoms with Gasteiger partial charge in [0.15, 0.2) is 11.6 Å². The van der Waals surface area contributed by atoms with Gasteiger partial charge in [0.1, 0.15) is 12.4 Å². The second kappa shape index (κ2) is 6.03. The largest absolute Gasteiger partial charge is 0.505 e. The van der Waals surface area contributed by atoms with Gasteiger partial charge >= 0.3 is 0 Å². The summed E-state index contributed by atoms with van der Waals surface area (Å²) in [4.78, 5) is 17.4. The predicted octanol–water partition coefficient (Wildman–Crippen LogP) is 3.79. The molecule has 2 aromatic rings. The Morgan fingerprint density at radius 3 is 2.58 bits per heavy atom. The summed E-state index contributed by atoms with van der Waals surface area (Å²) in [6.45, 7) is -0.330. The number of rotatable bonds is 1. The molecule has 0 saturated heterocycles. The fourth-order valence-electron chi connectivity index (χ4n) is 2.47. The third kappa shape index (κ3) is 2.52. The van der Waals surface area contributed by atoms with E-state index in [9.17, 15) is 18.7 Å². The highest BCUT2D eigenvalue weighted by Crippen LogP contribution is 2.38. The lowest BCUT2D eigenvalue weighted by Gasteiger charge is -2.19. The van der Waals surface area contributed by atoms with Gasteiger partial charge in [-0.1, -0.05) is 23.2 Å². The molecule has 124 valence electrons. The van der Waals surface area contributed by atoms with E-state index in [0.717, 1.165) is 12.1 Å². The molecule has 24 heavy (non-hydrogen) atoms. The lowest BCUT2D eigenvalue weighted by molar-refractivity contribution is -0.116. The van der Waals surface area contributed by atoms with E-state index in [2.05, 4.69) is 4.99 Å². The number of carbonyl (C=O) groups is 1. The third-order valence-corrected chi connectivity index (χ3v) is 4.53. The molecule has 0 aliphatic carbocycles. The van der Waals surface area contributed by atoms with Crippen LogP contribution in [-0.4, -0.2) is 30.3 Å². The van der Waals surface area contributed by atoms with Crippen molar-refractivity contribution in [3.05, 3.63) is 57.1 Å². The SMILES string of the molecule is CN1C(=O)CN=C(c2c(F)ccc(O)c2F)c2c1ccc(Cl)c2Cl. The van der Waals surface area contributed by atoms with Crippen molar-refractivity contribution in [2.24, 2.45) is 4.99 Å². The Balaban J connectivity index is 2.39. The molecule has 0 atom stereocenters. The number of anilines is 1. The first-order valence-electron chi connectivity index (χ1n) is 6.79. The van der Waals surface area contributed by atoms with Gasteiger partial charge in [-0.25, -0.2) is 8.78 Å². The van der Waals surface area contributed by atoms with Crippen LogP contribution in [0.4, 0.5) is 14.5 Å². The number of aromatic hydroxyl groups is 1. The molecule has 1 aliphatic rings. The smallest absolute Gasteiger partial charge is 0.248 e. The van der Waals surface area contributed by atoms with Gasteiger partial charge in [0.05, 0.1) is 27.0 Å². The summed E-state index contributed by atoms with van der Waals surface area (Å²) < 4.78 is 28.6. The maximum absolute atomic E-state index is 14.4. The molecule has 0 unspecified atom stereocenters. The van der Waals surface area contributed by atoms with Crippen LogP contribution < -0.4 is 4.90 Å². The van der Waals surface area contributed by atoms with Gasteiger partial charge < -0.3 is 10.0 Å². The zero-order valence-corrected chi connectivity index (χ0v) is 13.8. The van der Waals surface area contributed by atoms with Crippen LogP contribution in [0.25, 0.3) is 0 Å². The number of benzodiazepines with no additional fused rings is 1. The van der Waals surface area contributed by atoms with Crippen molar-refractivity contribution in [3.63, 3.8) is 0 Å². The molecule has 1 aliphatic heterocycles. The maximum atomic E-state index is 14.4. The molecule has 4 nitrogen and oxygen atoms in total. The van der Waals surface area contributed by atoms with Crippen LogP contribution >= 0.6 is 23.2 Å². The number of aliphatic imine (C=N–C) groups is 1. The van der Waals surface area contributed by atoms with Gasteiger partial charge in [-0.3, -0.25) is 9.79 Å². The van der Waals surface area contributed by atoms with Crippen molar-refractivity contribution in [3.8, 4) is 5.75 Å². The summed E-state index contributed by atoms with van der Waals surface area (Å²) in [5.41, 5.74) is -0.307. The van der Waals surface area contributed by atoms with E-state index in [1.54, 1.807) is 0 Å². The number of hydrogen-bond acceptors (Lipinski definition) is 3. The Morgan fingerprint density at radius 2 is 1.88 bits per heavy atom. The predicted molar refractivity (Wildman–Crippen MR) is 88.4 cm³/mol. The summed E-state index contributed by atoms with van der Waals surface area (Å²) >= 11 is 12.2. The van der Waals surface area contributed by atoms with Crippen LogP contribution in [0.15, 0.2) is 29.3 Å². The minimum atomic E-state index is -1.19. The highest BCUT2D eigenvalue weighted by molar-refractivity contribution is 6.45. The van der Waals surface area contributed by atoms with Crippen LogP contribution in [0, 0.1) is 11.6 Å². The zero-order chi connectivity index (χ0) is 17.6. The van der Waals surface area contributed by atoms with Gasteiger partial charge in [0.25, 0.3) is 0 Å². The summed E-state index contributed by atoms with van der Waals surface area (Å²) in [5, 5.41) is 9.72. The number of likely N-dealkylation sites (N-methyl/N-ethyl adjacent to an activating group) is 1. The number of phenolic OH excluding ortho intramolecular Hbond substituents is 1. The molecule has 0 radical (unpaired) electrons. The first-order chi connectivity index (χ1) is 11.3. The van der Waals surface area contributed by atoms with Crippen molar-refractivity contribution in [2.45, 2.75) is 0 Å². The summed E-state index contributed by atoms with van der Waals surface area (Å²) in [6, 6.07) is 4.79. The third-order valence-electron chi connectivity index (χ3n) is 3.73. The first kappa shape index (κ1) is 16.7. The monoisotopic (exact) mass is 370 g/mol. The van der Waals surface area contributed by atoms with Crippen LogP contribution in [0.3, 0.4) is 0 Å². The Kier molecular flexibility index (Phi) is 4.19. The summed E-state index contributed by atoms with van der Waals surface area (Å²) in [7, 11) is 1.50. The van der Waals surface area contributed by atoms with Crippen molar-refractivity contribution in [1.82, 2.24) is 0 Å². The molecular formula is C16H10Cl2F2N2O2. The lowest BCUT2D eigenvalue weighted by atomic mass is 9.98. The van der Waals surface area contributed by atoms with Crippen molar-refractivity contribution in [1.29, 1.82) is 0 Å². The average Bonchev–Trinajstić information content (AvgIpc) is 2.67. The number of halogens is 4. The molecular weight excluding hydrogens is 361 g/mol. The van der Waals surface area contributed by atoms with Crippen LogP contribution in [0.1, 0.15) is 11.1 Å². The zero-order valence-electron chi connectivity index (χ0n) is 12.3. The molecule has 2 aromatic carbocycles. The topological polar surface area (TPSA) is 52.9 Å². The van der Waals surface area contributed by atoms with Crippen LogP contribution in [0.5, 0.6) is 5.75 Å². The summed E-state index contributed by atoms with van der Waals surface area (Å²) in [5.74, 6) is -3.25.